The summed E-state index contributed by atoms with van der Waals surface area (Å²) in [6.07, 6.45) is 2.52. The Balaban J connectivity index is 1.81. The molecule has 0 aliphatic rings. The number of aromatic nitrogens is 1. The van der Waals surface area contributed by atoms with E-state index in [1.165, 1.54) is 12.1 Å². The molecular formula is C18H22BrN3O4S. The summed E-state index contributed by atoms with van der Waals surface area (Å²) in [5.74, 6) is 0.231. The van der Waals surface area contributed by atoms with Gasteiger partial charge in [-0.05, 0) is 36.8 Å². The van der Waals surface area contributed by atoms with Crippen molar-refractivity contribution in [2.45, 2.75) is 31.2 Å². The van der Waals surface area contributed by atoms with Gasteiger partial charge in [-0.3, -0.25) is 4.79 Å². The number of sulfonamides is 1. The van der Waals surface area contributed by atoms with Crippen LogP contribution in [0.4, 0.5) is 0 Å². The van der Waals surface area contributed by atoms with E-state index in [0.29, 0.717) is 12.5 Å². The van der Waals surface area contributed by atoms with Crippen LogP contribution in [0.2, 0.25) is 0 Å². The van der Waals surface area contributed by atoms with Crippen molar-refractivity contribution in [1.82, 2.24) is 15.0 Å². The zero-order valence-electron chi connectivity index (χ0n) is 14.9. The van der Waals surface area contributed by atoms with Crippen molar-refractivity contribution in [3.63, 3.8) is 0 Å². The Bertz CT molecular complexity index is 857. The van der Waals surface area contributed by atoms with Gasteiger partial charge in [-0.25, -0.2) is 18.1 Å². The van der Waals surface area contributed by atoms with E-state index in [-0.39, 0.29) is 30.3 Å². The van der Waals surface area contributed by atoms with Gasteiger partial charge in [-0.15, -0.1) is 0 Å². The van der Waals surface area contributed by atoms with Crippen LogP contribution >= 0.6 is 15.9 Å². The predicted octanol–water partition coefficient (Wildman–Crippen LogP) is 2.62. The van der Waals surface area contributed by atoms with Gasteiger partial charge in [-0.1, -0.05) is 28.9 Å². The maximum absolute atomic E-state index is 12.2. The molecule has 1 heterocycles. The Morgan fingerprint density at radius 3 is 2.67 bits per heavy atom. The molecule has 1 amide bonds. The van der Waals surface area contributed by atoms with Crippen molar-refractivity contribution in [2.24, 2.45) is 0 Å². The van der Waals surface area contributed by atoms with Gasteiger partial charge in [0.15, 0.2) is 0 Å². The molecule has 27 heavy (non-hydrogen) atoms. The molecule has 0 aliphatic heterocycles. The highest BCUT2D eigenvalue weighted by molar-refractivity contribution is 9.10. The van der Waals surface area contributed by atoms with E-state index >= 15 is 0 Å². The highest BCUT2D eigenvalue weighted by Crippen LogP contribution is 2.15. The fourth-order valence-electron chi connectivity index (χ4n) is 2.17. The quantitative estimate of drug-likeness (QED) is 0.573. The largest absolute Gasteiger partial charge is 0.477 e. The summed E-state index contributed by atoms with van der Waals surface area (Å²) >= 11 is 3.26. The number of rotatable bonds is 10. The first kappa shape index (κ1) is 21.3. The van der Waals surface area contributed by atoms with Gasteiger partial charge in [0, 0.05) is 35.7 Å². The Labute approximate surface area is 167 Å². The molecule has 0 saturated carbocycles. The molecule has 2 rings (SSSR count). The molecule has 0 aliphatic carbocycles. The summed E-state index contributed by atoms with van der Waals surface area (Å²) < 4.78 is 33.1. The van der Waals surface area contributed by atoms with Crippen LogP contribution in [0.1, 0.15) is 25.3 Å². The lowest BCUT2D eigenvalue weighted by Gasteiger charge is -2.11. The van der Waals surface area contributed by atoms with Gasteiger partial charge in [0.2, 0.25) is 21.8 Å². The lowest BCUT2D eigenvalue weighted by molar-refractivity contribution is -0.121. The number of pyridine rings is 1. The van der Waals surface area contributed by atoms with Crippen molar-refractivity contribution in [2.75, 3.05) is 13.2 Å². The van der Waals surface area contributed by atoms with Crippen molar-refractivity contribution in [3.05, 3.63) is 52.6 Å². The van der Waals surface area contributed by atoms with Crippen LogP contribution in [0.5, 0.6) is 5.88 Å². The van der Waals surface area contributed by atoms with Crippen molar-refractivity contribution < 1.29 is 17.9 Å². The first-order valence-electron chi connectivity index (χ1n) is 8.51. The number of amides is 1. The lowest BCUT2D eigenvalue weighted by Crippen LogP contribution is -2.30. The van der Waals surface area contributed by atoms with Crippen LogP contribution in [0, 0.1) is 0 Å². The van der Waals surface area contributed by atoms with E-state index in [9.17, 15) is 13.2 Å². The molecule has 0 spiro atoms. The van der Waals surface area contributed by atoms with Crippen LogP contribution in [-0.4, -0.2) is 32.5 Å². The molecule has 2 N–H and O–H groups in total. The maximum atomic E-state index is 12.2. The minimum atomic E-state index is -3.64. The second-order valence-corrected chi connectivity index (χ2v) is 8.38. The first-order chi connectivity index (χ1) is 12.9. The number of nitrogens with zero attached hydrogens (tertiary/aromatic N) is 1. The number of hydrogen-bond acceptors (Lipinski definition) is 5. The third-order valence-electron chi connectivity index (χ3n) is 3.54. The normalized spacial score (nSPS) is 11.2. The molecule has 0 atom stereocenters. The second-order valence-electron chi connectivity index (χ2n) is 5.69. The van der Waals surface area contributed by atoms with E-state index in [1.807, 2.05) is 13.0 Å². The molecule has 0 unspecified atom stereocenters. The topological polar surface area (TPSA) is 97.4 Å². The molecule has 0 bridgehead atoms. The Morgan fingerprint density at radius 1 is 1.22 bits per heavy atom. The predicted molar refractivity (Wildman–Crippen MR) is 106 cm³/mol. The van der Waals surface area contributed by atoms with Crippen LogP contribution in [0.15, 0.2) is 52.0 Å². The number of nitrogens with one attached hydrogen (secondary N) is 2. The van der Waals surface area contributed by atoms with E-state index in [0.717, 1.165) is 16.5 Å². The zero-order chi connectivity index (χ0) is 19.7. The molecule has 0 radical (unpaired) electrons. The van der Waals surface area contributed by atoms with E-state index in [1.54, 1.807) is 24.4 Å². The molecule has 1 aromatic carbocycles. The average Bonchev–Trinajstić information content (AvgIpc) is 2.65. The van der Waals surface area contributed by atoms with Crippen LogP contribution < -0.4 is 14.8 Å². The standard InChI is InChI=1S/C18H22BrN3O4S/c1-2-12-26-18-14(4-3-10-20-18)13-21-17(23)9-11-22-27(24,25)16-7-5-15(19)6-8-16/h3-8,10,22H,2,9,11-13H2,1H3,(H,21,23). The molecule has 7 nitrogen and oxygen atoms in total. The lowest BCUT2D eigenvalue weighted by atomic mass is 10.2. The van der Waals surface area contributed by atoms with E-state index < -0.39 is 10.0 Å². The summed E-state index contributed by atoms with van der Waals surface area (Å²) in [7, 11) is -3.64. The van der Waals surface area contributed by atoms with Crippen molar-refractivity contribution in [1.29, 1.82) is 0 Å². The Kier molecular flexibility index (Phi) is 8.21. The highest BCUT2D eigenvalue weighted by Gasteiger charge is 2.14. The summed E-state index contributed by atoms with van der Waals surface area (Å²) in [4.78, 5) is 16.3. The minimum absolute atomic E-state index is 0.0104. The summed E-state index contributed by atoms with van der Waals surface area (Å²) in [5, 5.41) is 2.75. The van der Waals surface area contributed by atoms with Crippen LogP contribution in [0.25, 0.3) is 0 Å². The molecule has 146 valence electrons. The van der Waals surface area contributed by atoms with Crippen molar-refractivity contribution >= 4 is 31.9 Å². The molecular weight excluding hydrogens is 434 g/mol. The maximum Gasteiger partial charge on any atom is 0.240 e. The monoisotopic (exact) mass is 455 g/mol. The number of carbonyl (C=O) groups excluding carboxylic acids is 1. The van der Waals surface area contributed by atoms with Gasteiger partial charge < -0.3 is 10.1 Å². The van der Waals surface area contributed by atoms with Gasteiger partial charge >= 0.3 is 0 Å². The SMILES string of the molecule is CCCOc1ncccc1CNC(=O)CCNS(=O)(=O)c1ccc(Br)cc1. The van der Waals surface area contributed by atoms with Gasteiger partial charge in [-0.2, -0.15) is 0 Å². The van der Waals surface area contributed by atoms with Gasteiger partial charge in [0.25, 0.3) is 0 Å². The van der Waals surface area contributed by atoms with Crippen LogP contribution in [0.3, 0.4) is 0 Å². The highest BCUT2D eigenvalue weighted by atomic mass is 79.9. The van der Waals surface area contributed by atoms with Gasteiger partial charge in [0.05, 0.1) is 11.5 Å². The second kappa shape index (κ2) is 10.4. The van der Waals surface area contributed by atoms with E-state index in [2.05, 4.69) is 31.0 Å². The molecule has 2 aromatic rings. The Morgan fingerprint density at radius 2 is 1.96 bits per heavy atom. The molecule has 1 aromatic heterocycles. The molecule has 9 heteroatoms. The fourth-order valence-corrected chi connectivity index (χ4v) is 3.46. The first-order valence-corrected chi connectivity index (χ1v) is 10.8. The summed E-state index contributed by atoms with van der Waals surface area (Å²) in [5.41, 5.74) is 0.773. The smallest absolute Gasteiger partial charge is 0.240 e. The molecule has 0 fully saturated rings. The number of ether oxygens (including phenoxy) is 1. The number of hydrogen-bond donors (Lipinski definition) is 2. The average molecular weight is 456 g/mol. The third-order valence-corrected chi connectivity index (χ3v) is 5.54. The number of benzene rings is 1. The van der Waals surface area contributed by atoms with Gasteiger partial charge in [0.1, 0.15) is 0 Å². The fraction of sp³-hybridized carbons (Fsp3) is 0.333. The summed E-state index contributed by atoms with van der Waals surface area (Å²) in [6.45, 7) is 2.83. The Hall–Kier alpha value is -1.97. The number of carbonyl (C=O) groups is 1. The van der Waals surface area contributed by atoms with E-state index in [4.69, 9.17) is 4.74 Å². The van der Waals surface area contributed by atoms with Crippen LogP contribution in [-0.2, 0) is 21.4 Å². The third kappa shape index (κ3) is 6.93. The molecule has 0 saturated heterocycles. The number of halogens is 1. The zero-order valence-corrected chi connectivity index (χ0v) is 17.3. The summed E-state index contributed by atoms with van der Waals surface area (Å²) in [6, 6.07) is 9.88. The van der Waals surface area contributed by atoms with Crippen molar-refractivity contribution in [3.8, 4) is 5.88 Å². The minimum Gasteiger partial charge on any atom is -0.477 e.